The molecule has 4 aliphatic carbocycles. The van der Waals surface area contributed by atoms with Crippen molar-refractivity contribution in [2.45, 2.75) is 110 Å². The molecular weight excluding hydrogens is 468 g/mol. The van der Waals surface area contributed by atoms with Crippen molar-refractivity contribution in [3.8, 4) is 0 Å². The second kappa shape index (κ2) is 10.1. The predicted molar refractivity (Wildman–Crippen MR) is 134 cm³/mol. The molecule has 4 N–H and O–H groups in total. The Balaban J connectivity index is 1.49. The lowest BCUT2D eigenvalue weighted by atomic mass is 9.43. The first-order chi connectivity index (χ1) is 16.3. The Morgan fingerprint density at radius 1 is 0.943 bits per heavy atom. The Bertz CT molecular complexity index is 848. The van der Waals surface area contributed by atoms with E-state index in [-0.39, 0.29) is 29.3 Å². The van der Waals surface area contributed by atoms with Gasteiger partial charge in [-0.15, -0.1) is 0 Å². The van der Waals surface area contributed by atoms with Crippen LogP contribution in [0.5, 0.6) is 0 Å². The Kier molecular flexibility index (Phi) is 8.05. The van der Waals surface area contributed by atoms with Crippen molar-refractivity contribution >= 4 is 10.4 Å². The van der Waals surface area contributed by atoms with Crippen LogP contribution in [0.3, 0.4) is 0 Å². The maximum absolute atomic E-state index is 11.5. The first-order valence-electron chi connectivity index (χ1n) is 13.9. The fourth-order valence-corrected chi connectivity index (χ4v) is 10.1. The fraction of sp³-hybridized carbons (Fsp3) is 1.00. The SMILES string of the molecule is C[C@H](CO)CCC[C@@H](C)[C@H]1CC[C@H]2[C@@H]3[C@H](O)C[C@H]4[C@@H](O)[C@H](OS(=O)(=O)O)CC[C@]4(C)[C@H]3CC[C@]12C. The molecule has 4 rings (SSSR count). The molecule has 0 aromatic heterocycles. The zero-order valence-electron chi connectivity index (χ0n) is 22.0. The van der Waals surface area contributed by atoms with Crippen LogP contribution in [0, 0.1) is 52.3 Å². The van der Waals surface area contributed by atoms with E-state index in [2.05, 4.69) is 27.7 Å². The molecule has 0 aromatic carbocycles. The van der Waals surface area contributed by atoms with E-state index in [4.69, 9.17) is 8.74 Å². The van der Waals surface area contributed by atoms with Crippen LogP contribution in [-0.4, -0.2) is 53.2 Å². The van der Waals surface area contributed by atoms with E-state index in [1.165, 1.54) is 12.8 Å². The van der Waals surface area contributed by atoms with Gasteiger partial charge in [0.2, 0.25) is 0 Å². The van der Waals surface area contributed by atoms with Crippen LogP contribution in [0.2, 0.25) is 0 Å². The van der Waals surface area contributed by atoms with Crippen LogP contribution in [-0.2, 0) is 14.6 Å². The maximum atomic E-state index is 11.5. The van der Waals surface area contributed by atoms with Crippen molar-refractivity contribution in [3.63, 3.8) is 0 Å². The molecule has 0 spiro atoms. The third-order valence-electron chi connectivity index (χ3n) is 11.4. The van der Waals surface area contributed by atoms with E-state index in [1.807, 2.05) is 0 Å². The van der Waals surface area contributed by atoms with Gasteiger partial charge in [-0.25, -0.2) is 4.18 Å². The molecule has 12 atom stereocenters. The summed E-state index contributed by atoms with van der Waals surface area (Å²) in [5, 5.41) is 31.9. The van der Waals surface area contributed by atoms with Gasteiger partial charge in [0.05, 0.1) is 12.2 Å². The topological polar surface area (TPSA) is 124 Å². The van der Waals surface area contributed by atoms with E-state index in [9.17, 15) is 23.7 Å². The minimum Gasteiger partial charge on any atom is -0.396 e. The van der Waals surface area contributed by atoms with Crippen LogP contribution in [0.15, 0.2) is 0 Å². The highest BCUT2D eigenvalue weighted by Crippen LogP contribution is 2.68. The summed E-state index contributed by atoms with van der Waals surface area (Å²) in [6, 6.07) is 0. The summed E-state index contributed by atoms with van der Waals surface area (Å²) in [7, 11) is -4.63. The Morgan fingerprint density at radius 2 is 1.60 bits per heavy atom. The van der Waals surface area contributed by atoms with Gasteiger partial charge in [-0.3, -0.25) is 4.55 Å². The van der Waals surface area contributed by atoms with E-state index in [0.717, 1.165) is 38.5 Å². The van der Waals surface area contributed by atoms with Crippen molar-refractivity contribution in [1.29, 1.82) is 0 Å². The number of hydrogen-bond acceptors (Lipinski definition) is 6. The third kappa shape index (κ3) is 5.09. The summed E-state index contributed by atoms with van der Waals surface area (Å²) in [4.78, 5) is 0. The quantitative estimate of drug-likeness (QED) is 0.356. The largest absolute Gasteiger partial charge is 0.397 e. The number of fused-ring (bicyclic) bond motifs is 5. The van der Waals surface area contributed by atoms with Gasteiger partial charge >= 0.3 is 10.4 Å². The van der Waals surface area contributed by atoms with Crippen molar-refractivity contribution in [2.24, 2.45) is 52.3 Å². The summed E-state index contributed by atoms with van der Waals surface area (Å²) in [5.41, 5.74) is 0.0467. The van der Waals surface area contributed by atoms with Gasteiger partial charge in [0, 0.05) is 6.61 Å². The van der Waals surface area contributed by atoms with Gasteiger partial charge < -0.3 is 15.3 Å². The molecule has 8 heteroatoms. The van der Waals surface area contributed by atoms with E-state index < -0.39 is 28.7 Å². The summed E-state index contributed by atoms with van der Waals surface area (Å²) in [6.07, 6.45) is 7.03. The molecule has 4 fully saturated rings. The van der Waals surface area contributed by atoms with Gasteiger partial charge in [-0.2, -0.15) is 8.42 Å². The van der Waals surface area contributed by atoms with Gasteiger partial charge in [-0.05, 0) is 104 Å². The summed E-state index contributed by atoms with van der Waals surface area (Å²) < 4.78 is 36.6. The van der Waals surface area contributed by atoms with Gasteiger partial charge in [0.15, 0.2) is 0 Å². The summed E-state index contributed by atoms with van der Waals surface area (Å²) in [5.74, 6) is 2.40. The molecule has 0 aliphatic heterocycles. The molecule has 4 aliphatic rings. The van der Waals surface area contributed by atoms with Crippen molar-refractivity contribution in [1.82, 2.24) is 0 Å². The second-order valence-electron chi connectivity index (χ2n) is 13.2. The standard InChI is InChI=1S/C27H48O7S/c1-16(15-28)6-5-7-17(2)18-8-9-19-24-20(10-12-26(18,19)3)27(4)13-11-23(34-35(31,32)33)25(30)21(27)14-22(24)29/h16-25,28-30H,5-15H2,1-4H3,(H,31,32,33)/t16-,17+,18+,19-,20-,21-,22+,23+,24-,25+,26+,27+/m0/s1. The molecule has 0 heterocycles. The summed E-state index contributed by atoms with van der Waals surface area (Å²) in [6.45, 7) is 9.46. The van der Waals surface area contributed by atoms with Crippen molar-refractivity contribution in [3.05, 3.63) is 0 Å². The van der Waals surface area contributed by atoms with Crippen LogP contribution in [0.4, 0.5) is 0 Å². The highest BCUT2D eigenvalue weighted by molar-refractivity contribution is 7.80. The van der Waals surface area contributed by atoms with E-state index >= 15 is 0 Å². The fourth-order valence-electron chi connectivity index (χ4n) is 9.56. The Hall–Kier alpha value is -0.250. The average molecular weight is 517 g/mol. The molecule has 204 valence electrons. The summed E-state index contributed by atoms with van der Waals surface area (Å²) >= 11 is 0. The first kappa shape index (κ1) is 27.8. The van der Waals surface area contributed by atoms with Gasteiger partial charge in [0.25, 0.3) is 0 Å². The monoisotopic (exact) mass is 516 g/mol. The lowest BCUT2D eigenvalue weighted by Crippen LogP contribution is -2.62. The lowest BCUT2D eigenvalue weighted by Gasteiger charge is -2.63. The van der Waals surface area contributed by atoms with E-state index in [1.54, 1.807) is 0 Å². The molecule has 4 saturated carbocycles. The first-order valence-corrected chi connectivity index (χ1v) is 15.3. The molecule has 35 heavy (non-hydrogen) atoms. The number of hydrogen-bond donors (Lipinski definition) is 4. The van der Waals surface area contributed by atoms with Crippen molar-refractivity contribution < 1.29 is 32.5 Å². The Labute approximate surface area is 212 Å². The maximum Gasteiger partial charge on any atom is 0.397 e. The van der Waals surface area contributed by atoms with Crippen molar-refractivity contribution in [2.75, 3.05) is 6.61 Å². The average Bonchev–Trinajstić information content (AvgIpc) is 3.13. The molecule has 0 amide bonds. The normalized spacial score (nSPS) is 47.4. The zero-order chi connectivity index (χ0) is 25.8. The number of rotatable bonds is 8. The smallest absolute Gasteiger partial charge is 0.396 e. The zero-order valence-corrected chi connectivity index (χ0v) is 22.8. The van der Waals surface area contributed by atoms with Crippen LogP contribution in [0.25, 0.3) is 0 Å². The number of aliphatic hydroxyl groups is 3. The van der Waals surface area contributed by atoms with Crippen LogP contribution in [0.1, 0.15) is 91.9 Å². The molecule has 0 bridgehead atoms. The lowest BCUT2D eigenvalue weighted by molar-refractivity contribution is -0.204. The van der Waals surface area contributed by atoms with Crippen LogP contribution < -0.4 is 0 Å². The molecule has 0 radical (unpaired) electrons. The third-order valence-corrected chi connectivity index (χ3v) is 11.9. The highest BCUT2D eigenvalue weighted by Gasteiger charge is 2.64. The van der Waals surface area contributed by atoms with E-state index in [0.29, 0.717) is 42.4 Å². The number of aliphatic hydroxyl groups excluding tert-OH is 3. The Morgan fingerprint density at radius 3 is 2.26 bits per heavy atom. The molecule has 0 aromatic rings. The minimum absolute atomic E-state index is 0.173. The molecule has 0 saturated heterocycles. The molecule has 7 nitrogen and oxygen atoms in total. The second-order valence-corrected chi connectivity index (χ2v) is 14.3. The van der Waals surface area contributed by atoms with Crippen LogP contribution >= 0.6 is 0 Å². The predicted octanol–water partition coefficient (Wildman–Crippen LogP) is 4.21. The minimum atomic E-state index is -4.63. The van der Waals surface area contributed by atoms with Gasteiger partial charge in [0.1, 0.15) is 6.10 Å². The molecular formula is C27H48O7S. The highest BCUT2D eigenvalue weighted by atomic mass is 32.3. The van der Waals surface area contributed by atoms with Gasteiger partial charge in [-0.1, -0.05) is 40.5 Å². The molecule has 0 unspecified atom stereocenters.